The molecule has 1 fully saturated rings. The van der Waals surface area contributed by atoms with Gasteiger partial charge in [0.25, 0.3) is 0 Å². The molecule has 1 aliphatic carbocycles. The van der Waals surface area contributed by atoms with Crippen molar-refractivity contribution in [1.82, 2.24) is 5.32 Å². The Hall–Kier alpha value is 0.140. The number of likely N-dealkylation sites (N-methyl/N-ethyl adjacent to an activating group) is 1. The summed E-state index contributed by atoms with van der Waals surface area (Å²) in [6, 6.07) is 7.62. The smallest absolute Gasteiger partial charge is 1.00 e. The molecule has 1 saturated carbocycles. The Morgan fingerprint density at radius 3 is 2.65 bits per heavy atom. The number of carbonyl (C=O) groups is 1. The van der Waals surface area contributed by atoms with Crippen molar-refractivity contribution in [1.29, 1.82) is 0 Å². The van der Waals surface area contributed by atoms with Gasteiger partial charge in [-0.05, 0) is 31.5 Å². The first-order valence-corrected chi connectivity index (χ1v) is 6.06. The van der Waals surface area contributed by atoms with Crippen LogP contribution in [-0.2, 0) is 10.3 Å². The molecule has 4 heteroatoms. The van der Waals surface area contributed by atoms with Gasteiger partial charge in [-0.15, -0.1) is 0 Å². The van der Waals surface area contributed by atoms with E-state index in [1.165, 1.54) is 0 Å². The molecule has 0 bridgehead atoms. The van der Waals surface area contributed by atoms with Crippen LogP contribution in [0.15, 0.2) is 24.3 Å². The van der Waals surface area contributed by atoms with Gasteiger partial charge < -0.3 is 6.74 Å². The number of hydrogen-bond acceptors (Lipinski definition) is 2. The van der Waals surface area contributed by atoms with E-state index in [0.29, 0.717) is 11.4 Å². The van der Waals surface area contributed by atoms with Crippen LogP contribution in [0.4, 0.5) is 0 Å². The molecule has 0 aromatic heterocycles. The van der Waals surface area contributed by atoms with Crippen LogP contribution < -0.4 is 34.9 Å². The summed E-state index contributed by atoms with van der Waals surface area (Å²) < 4.78 is 0. The van der Waals surface area contributed by atoms with Crippen molar-refractivity contribution in [2.45, 2.75) is 31.2 Å². The number of carbonyl (C=O) groups excluding carboxylic acids is 1. The fraction of sp³-hybridized carbons (Fsp3) is 0.462. The molecule has 1 aliphatic rings. The fourth-order valence-electron chi connectivity index (χ4n) is 2.52. The number of Topliss-reactive ketones (excluding diaryl/α,β-unsaturated/α-hetero) is 1. The summed E-state index contributed by atoms with van der Waals surface area (Å²) in [4.78, 5) is 12.2. The summed E-state index contributed by atoms with van der Waals surface area (Å²) in [5, 5.41) is 3.86. The van der Waals surface area contributed by atoms with Crippen molar-refractivity contribution in [3.8, 4) is 0 Å². The molecular formula is C13H17ClNNaO. The van der Waals surface area contributed by atoms with Crippen LogP contribution in [0.25, 0.3) is 0 Å². The summed E-state index contributed by atoms with van der Waals surface area (Å²) in [5.74, 6) is 0.259. The average Bonchev–Trinajstić information content (AvgIpc) is 2.31. The van der Waals surface area contributed by atoms with Crippen LogP contribution >= 0.6 is 11.6 Å². The van der Waals surface area contributed by atoms with Crippen LogP contribution in [-0.4, -0.2) is 12.8 Å². The third kappa shape index (κ3) is 2.77. The quantitative estimate of drug-likeness (QED) is 0.761. The molecule has 2 nitrogen and oxygen atoms in total. The molecule has 88 valence electrons. The fourth-order valence-corrected chi connectivity index (χ4v) is 2.82. The first-order chi connectivity index (χ1) is 7.70. The minimum Gasteiger partial charge on any atom is -1.00 e. The van der Waals surface area contributed by atoms with Gasteiger partial charge in [0.2, 0.25) is 0 Å². The third-order valence-corrected chi connectivity index (χ3v) is 3.77. The van der Waals surface area contributed by atoms with E-state index in [4.69, 9.17) is 11.6 Å². The Kier molecular flexibility index (Phi) is 5.68. The second kappa shape index (κ2) is 6.35. The topological polar surface area (TPSA) is 29.1 Å². The zero-order valence-electron chi connectivity index (χ0n) is 11.4. The third-order valence-electron chi connectivity index (χ3n) is 3.44. The Bertz CT molecular complexity index is 416. The molecule has 1 aromatic rings. The summed E-state index contributed by atoms with van der Waals surface area (Å²) in [6.45, 7) is 0. The molecule has 1 atom stereocenters. The first kappa shape index (κ1) is 15.2. The maximum Gasteiger partial charge on any atom is 1.00 e. The second-order valence-corrected chi connectivity index (χ2v) is 4.67. The standard InChI is InChI=1S/C13H16ClNO.Na.H/c1-15-13(9-5-4-8-12(13)16)10-6-2-3-7-11(10)14;;/h2-3,6-7,15H,4-5,8-9H2,1H3;;/q;+1;-1. The molecular weight excluding hydrogens is 245 g/mol. The van der Waals surface area contributed by atoms with E-state index < -0.39 is 5.54 Å². The number of nitrogens with one attached hydrogen (secondary N) is 1. The predicted molar refractivity (Wildman–Crippen MR) is 66.8 cm³/mol. The summed E-state index contributed by atoms with van der Waals surface area (Å²) in [7, 11) is 1.84. The molecule has 17 heavy (non-hydrogen) atoms. The van der Waals surface area contributed by atoms with Gasteiger partial charge in [-0.2, -0.15) is 0 Å². The number of ketones is 1. The second-order valence-electron chi connectivity index (χ2n) is 4.27. The minimum absolute atomic E-state index is 0. The molecule has 1 N–H and O–H groups in total. The van der Waals surface area contributed by atoms with Crippen LogP contribution in [0.1, 0.15) is 32.7 Å². The van der Waals surface area contributed by atoms with Gasteiger partial charge in [0.1, 0.15) is 5.54 Å². The van der Waals surface area contributed by atoms with Crippen molar-refractivity contribution in [2.75, 3.05) is 7.05 Å². The maximum atomic E-state index is 12.2. The summed E-state index contributed by atoms with van der Waals surface area (Å²) in [5.41, 5.74) is 0.361. The van der Waals surface area contributed by atoms with E-state index in [9.17, 15) is 4.79 Å². The Morgan fingerprint density at radius 2 is 2.06 bits per heavy atom. The average molecular weight is 262 g/mol. The Morgan fingerprint density at radius 1 is 1.35 bits per heavy atom. The van der Waals surface area contributed by atoms with Gasteiger partial charge in [0, 0.05) is 11.4 Å². The number of halogens is 1. The van der Waals surface area contributed by atoms with Crippen molar-refractivity contribution >= 4 is 17.4 Å². The number of hydrogen-bond donors (Lipinski definition) is 1. The summed E-state index contributed by atoms with van der Waals surface area (Å²) in [6.07, 6.45) is 3.54. The van der Waals surface area contributed by atoms with Gasteiger partial charge in [0.05, 0.1) is 0 Å². The van der Waals surface area contributed by atoms with Gasteiger partial charge in [-0.25, -0.2) is 0 Å². The molecule has 0 aliphatic heterocycles. The van der Waals surface area contributed by atoms with E-state index in [-0.39, 0.29) is 36.8 Å². The number of benzene rings is 1. The van der Waals surface area contributed by atoms with Gasteiger partial charge >= 0.3 is 29.6 Å². The van der Waals surface area contributed by atoms with Crippen LogP contribution in [0.5, 0.6) is 0 Å². The van der Waals surface area contributed by atoms with Gasteiger partial charge in [-0.3, -0.25) is 4.79 Å². The molecule has 0 heterocycles. The molecule has 1 unspecified atom stereocenters. The normalized spacial score (nSPS) is 24.2. The van der Waals surface area contributed by atoms with E-state index >= 15 is 0 Å². The Balaban J connectivity index is 0.00000144. The molecule has 0 spiro atoms. The minimum atomic E-state index is -0.559. The van der Waals surface area contributed by atoms with Crippen molar-refractivity contribution in [3.63, 3.8) is 0 Å². The molecule has 0 amide bonds. The monoisotopic (exact) mass is 261 g/mol. The molecule has 0 radical (unpaired) electrons. The van der Waals surface area contributed by atoms with Crippen LogP contribution in [0.3, 0.4) is 0 Å². The van der Waals surface area contributed by atoms with E-state index in [0.717, 1.165) is 24.8 Å². The van der Waals surface area contributed by atoms with E-state index in [1.807, 2.05) is 31.3 Å². The van der Waals surface area contributed by atoms with Crippen molar-refractivity contribution in [3.05, 3.63) is 34.9 Å². The van der Waals surface area contributed by atoms with Gasteiger partial charge in [0.15, 0.2) is 5.78 Å². The van der Waals surface area contributed by atoms with Crippen LogP contribution in [0, 0.1) is 0 Å². The SMILES string of the molecule is CNC1(c2ccccc2Cl)CCCCC1=O.[H-].[Na+]. The Labute approximate surface area is 131 Å². The zero-order chi connectivity index (χ0) is 11.6. The van der Waals surface area contributed by atoms with Gasteiger partial charge in [-0.1, -0.05) is 36.2 Å². The zero-order valence-corrected chi connectivity index (χ0v) is 13.2. The predicted octanol–water partition coefficient (Wildman–Crippen LogP) is 0.0143. The maximum absolute atomic E-state index is 12.2. The van der Waals surface area contributed by atoms with Crippen LogP contribution in [0.2, 0.25) is 5.02 Å². The largest absolute Gasteiger partial charge is 1.00 e. The first-order valence-electron chi connectivity index (χ1n) is 5.68. The van der Waals surface area contributed by atoms with E-state index in [2.05, 4.69) is 5.32 Å². The molecule has 0 saturated heterocycles. The van der Waals surface area contributed by atoms with Crippen molar-refractivity contribution < 1.29 is 35.8 Å². The summed E-state index contributed by atoms with van der Waals surface area (Å²) >= 11 is 6.20. The van der Waals surface area contributed by atoms with E-state index in [1.54, 1.807) is 0 Å². The number of rotatable bonds is 2. The molecule has 1 aromatic carbocycles. The van der Waals surface area contributed by atoms with Crippen molar-refractivity contribution in [2.24, 2.45) is 0 Å². The molecule has 2 rings (SSSR count).